The third kappa shape index (κ3) is 9.81. The molecule has 0 atom stereocenters. The fourth-order valence-electron chi connectivity index (χ4n) is 0.651. The Morgan fingerprint density at radius 2 is 1.94 bits per heavy atom. The molecular weight excluding hydrogens is 245 g/mol. The molecule has 1 rings (SSSR count). The first kappa shape index (κ1) is 15.9. The monoisotopic (exact) mass is 263 g/mol. The Kier molecular flexibility index (Phi) is 6.16. The van der Waals surface area contributed by atoms with E-state index in [0.717, 1.165) is 6.54 Å². The third-order valence-corrected chi connectivity index (χ3v) is 1.91. The number of phosphoric ester groups is 1. The van der Waals surface area contributed by atoms with E-state index >= 15 is 0 Å². The summed E-state index contributed by atoms with van der Waals surface area (Å²) >= 11 is 0. The molecule has 1 aliphatic heterocycles. The quantitative estimate of drug-likeness (QED) is 0.618. The molecule has 17 heavy (non-hydrogen) atoms. The predicted molar refractivity (Wildman–Crippen MR) is 63.9 cm³/mol. The van der Waals surface area contributed by atoms with Crippen molar-refractivity contribution in [3.63, 3.8) is 0 Å². The van der Waals surface area contributed by atoms with Crippen LogP contribution in [0.2, 0.25) is 0 Å². The van der Waals surface area contributed by atoms with Crippen molar-refractivity contribution in [3.8, 4) is 0 Å². The smallest absolute Gasteiger partial charge is 0.387 e. The molecule has 0 radical (unpaired) electrons. The van der Waals surface area contributed by atoms with Crippen LogP contribution in [0.1, 0.15) is 20.8 Å². The van der Waals surface area contributed by atoms with E-state index in [1.165, 1.54) is 20.8 Å². The van der Waals surface area contributed by atoms with Crippen molar-refractivity contribution in [1.82, 2.24) is 5.32 Å². The van der Waals surface area contributed by atoms with Crippen molar-refractivity contribution in [3.05, 3.63) is 24.4 Å². The summed E-state index contributed by atoms with van der Waals surface area (Å²) in [6.45, 7) is 5.50. The van der Waals surface area contributed by atoms with Crippen LogP contribution in [0.5, 0.6) is 0 Å². The Hall–Kier alpha value is -1.10. The number of allylic oxidation sites excluding steroid dienone is 2. The fraction of sp³-hybridized carbons (Fsp3) is 0.500. The molecule has 0 amide bonds. The molecule has 0 bridgehead atoms. The first-order valence-corrected chi connectivity index (χ1v) is 6.50. The van der Waals surface area contributed by atoms with Crippen molar-refractivity contribution in [1.29, 1.82) is 0 Å². The van der Waals surface area contributed by atoms with Gasteiger partial charge in [0.15, 0.2) is 0 Å². The van der Waals surface area contributed by atoms with Crippen LogP contribution in [0, 0.1) is 5.41 Å². The van der Waals surface area contributed by atoms with Crippen LogP contribution in [0.4, 0.5) is 0 Å². The third-order valence-electron chi connectivity index (χ3n) is 1.51. The van der Waals surface area contributed by atoms with E-state index in [1.54, 1.807) is 0 Å². The molecule has 0 spiro atoms. The summed E-state index contributed by atoms with van der Waals surface area (Å²) in [5.41, 5.74) is -0.888. The van der Waals surface area contributed by atoms with Crippen molar-refractivity contribution >= 4 is 13.8 Å². The zero-order chi connectivity index (χ0) is 13.5. The van der Waals surface area contributed by atoms with Crippen molar-refractivity contribution in [2.45, 2.75) is 20.8 Å². The first-order valence-electron chi connectivity index (χ1n) is 4.97. The van der Waals surface area contributed by atoms with E-state index in [2.05, 4.69) is 15.9 Å². The summed E-state index contributed by atoms with van der Waals surface area (Å²) in [6.07, 6.45) is 8.00. The van der Waals surface area contributed by atoms with Gasteiger partial charge in [-0.1, -0.05) is 12.2 Å². The van der Waals surface area contributed by atoms with Crippen LogP contribution in [0.3, 0.4) is 0 Å². The molecule has 1 aliphatic rings. The summed E-state index contributed by atoms with van der Waals surface area (Å²) in [7, 11) is -4.67. The van der Waals surface area contributed by atoms with Crippen molar-refractivity contribution < 1.29 is 23.7 Å². The first-order chi connectivity index (χ1) is 7.63. The van der Waals surface area contributed by atoms with Crippen LogP contribution in [0.15, 0.2) is 24.4 Å². The standard InChI is InChI=1S/C5H7N.C5H11O5P/c1-2-4-6-5-3-1;1-5(2,3)4(6)10-11(7,8)9/h1-4,6H,5H2;1-3H3,(H2,7,8,9). The second kappa shape index (κ2) is 6.59. The number of dihydropyridines is 1. The van der Waals surface area contributed by atoms with Gasteiger partial charge in [-0.15, -0.1) is 0 Å². The van der Waals surface area contributed by atoms with E-state index in [0.29, 0.717) is 0 Å². The Morgan fingerprint density at radius 3 is 2.06 bits per heavy atom. The zero-order valence-corrected chi connectivity index (χ0v) is 11.0. The van der Waals surface area contributed by atoms with Gasteiger partial charge >= 0.3 is 13.8 Å². The van der Waals surface area contributed by atoms with Gasteiger partial charge in [-0.2, -0.15) is 0 Å². The highest BCUT2D eigenvalue weighted by Crippen LogP contribution is 2.38. The minimum Gasteiger partial charge on any atom is -0.387 e. The summed E-state index contributed by atoms with van der Waals surface area (Å²) in [5, 5.41) is 3.02. The molecule has 1 heterocycles. The second-order valence-electron chi connectivity index (χ2n) is 4.31. The molecular formula is C10H18NO5P. The Balaban J connectivity index is 0.000000354. The summed E-state index contributed by atoms with van der Waals surface area (Å²) in [6, 6.07) is 0. The SMILES string of the molecule is C1=CCNC=C1.CC(C)(C)C(=O)OP(=O)(O)O. The molecule has 6 nitrogen and oxygen atoms in total. The molecule has 0 saturated heterocycles. The highest BCUT2D eigenvalue weighted by molar-refractivity contribution is 7.46. The Morgan fingerprint density at radius 1 is 1.35 bits per heavy atom. The lowest BCUT2D eigenvalue weighted by atomic mass is 9.98. The Bertz CT molecular complexity index is 338. The molecule has 0 aromatic heterocycles. The van der Waals surface area contributed by atoms with E-state index < -0.39 is 19.2 Å². The molecule has 7 heteroatoms. The lowest BCUT2D eigenvalue weighted by molar-refractivity contribution is -0.144. The maximum atomic E-state index is 10.8. The predicted octanol–water partition coefficient (Wildman–Crippen LogP) is 1.33. The number of rotatable bonds is 1. The average Bonchev–Trinajstić information content (AvgIpc) is 2.17. The van der Waals surface area contributed by atoms with Gasteiger partial charge in [0.05, 0.1) is 5.41 Å². The maximum absolute atomic E-state index is 10.8. The van der Waals surface area contributed by atoms with Gasteiger partial charge in [-0.25, -0.2) is 4.57 Å². The van der Waals surface area contributed by atoms with Gasteiger partial charge in [0, 0.05) is 6.54 Å². The van der Waals surface area contributed by atoms with Crippen LogP contribution < -0.4 is 5.32 Å². The fourth-order valence-corrected chi connectivity index (χ4v) is 1.14. The number of carbonyl (C=O) groups is 1. The molecule has 0 aliphatic carbocycles. The van der Waals surface area contributed by atoms with Gasteiger partial charge in [0.1, 0.15) is 0 Å². The van der Waals surface area contributed by atoms with Gasteiger partial charge in [-0.05, 0) is 33.0 Å². The highest BCUT2D eigenvalue weighted by atomic mass is 31.2. The maximum Gasteiger partial charge on any atom is 0.527 e. The minimum absolute atomic E-state index is 0.888. The summed E-state index contributed by atoms with van der Waals surface area (Å²) in [4.78, 5) is 27.2. The van der Waals surface area contributed by atoms with E-state index in [-0.39, 0.29) is 0 Å². The number of hydrogen-bond acceptors (Lipinski definition) is 4. The normalized spacial score (nSPS) is 14.4. The van der Waals surface area contributed by atoms with Crippen molar-refractivity contribution in [2.24, 2.45) is 5.41 Å². The topological polar surface area (TPSA) is 95.9 Å². The molecule has 98 valence electrons. The summed E-state index contributed by atoms with van der Waals surface area (Å²) < 4.78 is 14.0. The average molecular weight is 263 g/mol. The zero-order valence-electron chi connectivity index (χ0n) is 10.1. The molecule has 0 unspecified atom stereocenters. The molecule has 0 aromatic carbocycles. The highest BCUT2D eigenvalue weighted by Gasteiger charge is 2.30. The number of phosphoric acid groups is 1. The molecule has 3 N–H and O–H groups in total. The molecule has 0 fully saturated rings. The second-order valence-corrected chi connectivity index (χ2v) is 5.48. The van der Waals surface area contributed by atoms with E-state index in [1.807, 2.05) is 18.4 Å². The van der Waals surface area contributed by atoms with Gasteiger partial charge in [0.25, 0.3) is 0 Å². The number of nitrogens with one attached hydrogen (secondary N) is 1. The van der Waals surface area contributed by atoms with Gasteiger partial charge < -0.3 is 9.84 Å². The minimum atomic E-state index is -4.67. The van der Waals surface area contributed by atoms with Crippen LogP contribution in [0.25, 0.3) is 0 Å². The molecule has 0 aromatic rings. The van der Waals surface area contributed by atoms with Gasteiger partial charge in [0.2, 0.25) is 0 Å². The molecule has 0 saturated carbocycles. The number of carbonyl (C=O) groups excluding carboxylic acids is 1. The van der Waals surface area contributed by atoms with Crippen LogP contribution in [-0.4, -0.2) is 22.3 Å². The van der Waals surface area contributed by atoms with Gasteiger partial charge in [-0.3, -0.25) is 14.6 Å². The number of hydrogen-bond donors (Lipinski definition) is 3. The van der Waals surface area contributed by atoms with E-state index in [9.17, 15) is 9.36 Å². The lowest BCUT2D eigenvalue weighted by Crippen LogP contribution is -2.21. The van der Waals surface area contributed by atoms with Crippen LogP contribution in [-0.2, 0) is 13.9 Å². The van der Waals surface area contributed by atoms with E-state index in [4.69, 9.17) is 9.79 Å². The Labute approximate surface area is 101 Å². The van der Waals surface area contributed by atoms with Crippen LogP contribution >= 0.6 is 7.82 Å². The largest absolute Gasteiger partial charge is 0.527 e. The van der Waals surface area contributed by atoms with Crippen molar-refractivity contribution in [2.75, 3.05) is 6.54 Å². The summed E-state index contributed by atoms with van der Waals surface area (Å²) in [5.74, 6) is -0.911. The lowest BCUT2D eigenvalue weighted by Gasteiger charge is -2.16.